The molecule has 1 aromatic carbocycles. The number of hydrogen-bond donors (Lipinski definition) is 1. The minimum Gasteiger partial charge on any atom is -0.329 e. The van der Waals surface area contributed by atoms with Gasteiger partial charge in [0.15, 0.2) is 0 Å². The number of halogens is 1. The summed E-state index contributed by atoms with van der Waals surface area (Å²) in [6, 6.07) is 8.02. The molecule has 0 atom stereocenters. The van der Waals surface area contributed by atoms with E-state index in [4.69, 9.17) is 17.3 Å². The minimum absolute atomic E-state index is 0.203. The summed E-state index contributed by atoms with van der Waals surface area (Å²) in [7, 11) is 0. The van der Waals surface area contributed by atoms with Crippen LogP contribution in [0.2, 0.25) is 5.02 Å². The zero-order valence-corrected chi connectivity index (χ0v) is 11.4. The molecular weight excluding hydrogens is 238 g/mol. The lowest BCUT2D eigenvalue weighted by Crippen LogP contribution is -2.51. The van der Waals surface area contributed by atoms with Crippen LogP contribution in [0, 0.1) is 5.41 Å². The molecule has 1 aromatic rings. The molecule has 1 saturated carbocycles. The van der Waals surface area contributed by atoms with Crippen LogP contribution in [0.3, 0.4) is 0 Å². The Hall–Kier alpha value is -0.180. The van der Waals surface area contributed by atoms with Gasteiger partial charge in [0.25, 0.3) is 0 Å². The van der Waals surface area contributed by atoms with Crippen molar-refractivity contribution in [2.75, 3.05) is 6.54 Å². The van der Waals surface area contributed by atoms with Crippen LogP contribution in [0.15, 0.2) is 29.2 Å². The van der Waals surface area contributed by atoms with Gasteiger partial charge in [0.05, 0.1) is 5.02 Å². The molecule has 88 valence electrons. The van der Waals surface area contributed by atoms with E-state index in [0.29, 0.717) is 5.41 Å². The van der Waals surface area contributed by atoms with E-state index in [1.54, 1.807) is 0 Å². The molecular formula is C13H18ClNS. The first-order valence-corrected chi connectivity index (χ1v) is 6.80. The second-order valence-electron chi connectivity index (χ2n) is 5.44. The highest BCUT2D eigenvalue weighted by molar-refractivity contribution is 8.00. The van der Waals surface area contributed by atoms with Crippen LogP contribution in [-0.4, -0.2) is 11.3 Å². The van der Waals surface area contributed by atoms with Gasteiger partial charge in [0, 0.05) is 16.2 Å². The third kappa shape index (κ3) is 2.39. The average Bonchev–Trinajstić information content (AvgIpc) is 2.18. The Kier molecular flexibility index (Phi) is 3.26. The lowest BCUT2D eigenvalue weighted by molar-refractivity contribution is 0.132. The molecule has 0 spiro atoms. The van der Waals surface area contributed by atoms with Crippen LogP contribution >= 0.6 is 23.4 Å². The fourth-order valence-electron chi connectivity index (χ4n) is 2.71. The maximum Gasteiger partial charge on any atom is 0.0542 e. The molecule has 0 aliphatic heterocycles. The Labute approximate surface area is 107 Å². The molecule has 3 heteroatoms. The van der Waals surface area contributed by atoms with E-state index in [1.807, 2.05) is 30.0 Å². The van der Waals surface area contributed by atoms with E-state index < -0.39 is 0 Å². The van der Waals surface area contributed by atoms with Gasteiger partial charge in [-0.05, 0) is 30.4 Å². The van der Waals surface area contributed by atoms with Gasteiger partial charge in [-0.15, -0.1) is 11.8 Å². The van der Waals surface area contributed by atoms with Crippen molar-refractivity contribution in [2.45, 2.75) is 36.3 Å². The number of thioether (sulfide) groups is 1. The standard InChI is InChI=1S/C13H18ClNS/c1-12(2)7-13(8-12,9-15)16-11-6-4-3-5-10(11)14/h3-6H,7-9,15H2,1-2H3. The summed E-state index contributed by atoms with van der Waals surface area (Å²) in [5.41, 5.74) is 6.36. The maximum atomic E-state index is 6.18. The predicted molar refractivity (Wildman–Crippen MR) is 72.1 cm³/mol. The molecule has 0 bridgehead atoms. The highest BCUT2D eigenvalue weighted by Crippen LogP contribution is 2.57. The monoisotopic (exact) mass is 255 g/mol. The Morgan fingerprint density at radius 2 is 1.94 bits per heavy atom. The molecule has 16 heavy (non-hydrogen) atoms. The van der Waals surface area contributed by atoms with Crippen LogP contribution < -0.4 is 5.73 Å². The zero-order chi connectivity index (χ0) is 11.8. The van der Waals surface area contributed by atoms with Crippen molar-refractivity contribution in [3.63, 3.8) is 0 Å². The zero-order valence-electron chi connectivity index (χ0n) is 9.79. The van der Waals surface area contributed by atoms with Gasteiger partial charge in [-0.2, -0.15) is 0 Å². The molecule has 1 fully saturated rings. The van der Waals surface area contributed by atoms with Gasteiger partial charge >= 0.3 is 0 Å². The van der Waals surface area contributed by atoms with Crippen LogP contribution in [-0.2, 0) is 0 Å². The van der Waals surface area contributed by atoms with E-state index in [2.05, 4.69) is 19.9 Å². The summed E-state index contributed by atoms with van der Waals surface area (Å²) >= 11 is 8.03. The smallest absolute Gasteiger partial charge is 0.0542 e. The van der Waals surface area contributed by atoms with Crippen molar-refractivity contribution in [3.8, 4) is 0 Å². The molecule has 1 aliphatic carbocycles. The largest absolute Gasteiger partial charge is 0.329 e. The first-order chi connectivity index (χ1) is 7.46. The van der Waals surface area contributed by atoms with E-state index in [1.165, 1.54) is 12.8 Å². The first-order valence-electron chi connectivity index (χ1n) is 5.60. The average molecular weight is 256 g/mol. The molecule has 0 saturated heterocycles. The normalized spacial score (nSPS) is 21.5. The van der Waals surface area contributed by atoms with Crippen LogP contribution in [0.5, 0.6) is 0 Å². The third-order valence-electron chi connectivity index (χ3n) is 3.14. The summed E-state index contributed by atoms with van der Waals surface area (Å²) in [5.74, 6) is 0. The third-order valence-corrected chi connectivity index (χ3v) is 5.04. The lowest BCUT2D eigenvalue weighted by atomic mass is 9.64. The SMILES string of the molecule is CC1(C)CC(CN)(Sc2ccccc2Cl)C1. The van der Waals surface area contributed by atoms with Crippen molar-refractivity contribution in [3.05, 3.63) is 29.3 Å². The van der Waals surface area contributed by atoms with E-state index >= 15 is 0 Å². The molecule has 0 heterocycles. The van der Waals surface area contributed by atoms with Gasteiger partial charge in [0.1, 0.15) is 0 Å². The van der Waals surface area contributed by atoms with Crippen molar-refractivity contribution in [2.24, 2.45) is 11.1 Å². The highest BCUT2D eigenvalue weighted by Gasteiger charge is 2.49. The fraction of sp³-hybridized carbons (Fsp3) is 0.538. The van der Waals surface area contributed by atoms with Crippen molar-refractivity contribution < 1.29 is 0 Å². The second kappa shape index (κ2) is 4.25. The van der Waals surface area contributed by atoms with Crippen LogP contribution in [0.4, 0.5) is 0 Å². The molecule has 0 radical (unpaired) electrons. The molecule has 1 nitrogen and oxygen atoms in total. The van der Waals surface area contributed by atoms with Crippen molar-refractivity contribution in [1.82, 2.24) is 0 Å². The van der Waals surface area contributed by atoms with E-state index in [9.17, 15) is 0 Å². The van der Waals surface area contributed by atoms with Gasteiger partial charge in [-0.25, -0.2) is 0 Å². The summed E-state index contributed by atoms with van der Waals surface area (Å²) < 4.78 is 0.203. The summed E-state index contributed by atoms with van der Waals surface area (Å²) in [5, 5.41) is 0.838. The van der Waals surface area contributed by atoms with Gasteiger partial charge in [-0.3, -0.25) is 0 Å². The fourth-order valence-corrected chi connectivity index (χ4v) is 4.75. The van der Waals surface area contributed by atoms with E-state index in [-0.39, 0.29) is 4.75 Å². The molecule has 0 aromatic heterocycles. The van der Waals surface area contributed by atoms with Crippen molar-refractivity contribution in [1.29, 1.82) is 0 Å². The first kappa shape index (κ1) is 12.3. The topological polar surface area (TPSA) is 26.0 Å². The summed E-state index contributed by atoms with van der Waals surface area (Å²) in [6.07, 6.45) is 2.35. The van der Waals surface area contributed by atoms with Crippen molar-refractivity contribution >= 4 is 23.4 Å². The predicted octanol–water partition coefficient (Wildman–Crippen LogP) is 3.95. The Bertz CT molecular complexity index is 381. The molecule has 2 rings (SSSR count). The maximum absolute atomic E-state index is 6.18. The minimum atomic E-state index is 0.203. The molecule has 0 amide bonds. The Morgan fingerprint density at radius 3 is 2.44 bits per heavy atom. The number of rotatable bonds is 3. The molecule has 0 unspecified atom stereocenters. The van der Waals surface area contributed by atoms with Crippen LogP contribution in [0.1, 0.15) is 26.7 Å². The Morgan fingerprint density at radius 1 is 1.31 bits per heavy atom. The van der Waals surface area contributed by atoms with Gasteiger partial charge in [-0.1, -0.05) is 37.6 Å². The highest BCUT2D eigenvalue weighted by atomic mass is 35.5. The number of benzene rings is 1. The number of nitrogens with two attached hydrogens (primary N) is 1. The number of hydrogen-bond acceptors (Lipinski definition) is 2. The lowest BCUT2D eigenvalue weighted by Gasteiger charge is -2.52. The molecule has 2 N–H and O–H groups in total. The summed E-state index contributed by atoms with van der Waals surface area (Å²) in [6.45, 7) is 5.33. The molecule has 1 aliphatic rings. The van der Waals surface area contributed by atoms with Crippen LogP contribution in [0.25, 0.3) is 0 Å². The van der Waals surface area contributed by atoms with Gasteiger partial charge in [0.2, 0.25) is 0 Å². The van der Waals surface area contributed by atoms with E-state index in [0.717, 1.165) is 16.5 Å². The quantitative estimate of drug-likeness (QED) is 0.885. The summed E-state index contributed by atoms with van der Waals surface area (Å²) in [4.78, 5) is 1.16. The second-order valence-corrected chi connectivity index (χ2v) is 7.35. The Balaban J connectivity index is 2.12. The van der Waals surface area contributed by atoms with Gasteiger partial charge < -0.3 is 5.73 Å².